The number of nitrogens with one attached hydrogen (secondary N) is 2. The highest BCUT2D eigenvalue weighted by Crippen LogP contribution is 2.23. The highest BCUT2D eigenvalue weighted by Gasteiger charge is 2.14. The Bertz CT molecular complexity index is 659. The first kappa shape index (κ1) is 12.7. The van der Waals surface area contributed by atoms with E-state index in [0.717, 1.165) is 29.9 Å². The molecule has 0 aliphatic carbocycles. The summed E-state index contributed by atoms with van der Waals surface area (Å²) in [7, 11) is 0. The number of pyridine rings is 1. The van der Waals surface area contributed by atoms with Crippen molar-refractivity contribution in [3.05, 3.63) is 52.7 Å². The number of fused-ring (bicyclic) bond motifs is 1. The molecule has 4 nitrogen and oxygen atoms in total. The molecule has 4 heteroatoms. The largest absolute Gasteiger partial charge is 0.384 e. The smallest absolute Gasteiger partial charge is 0.256 e. The average Bonchev–Trinajstić information content (AvgIpc) is 2.84. The lowest BCUT2D eigenvalue weighted by Crippen LogP contribution is -2.13. The van der Waals surface area contributed by atoms with Crippen LogP contribution in [0.1, 0.15) is 27.2 Å². The molecule has 2 aromatic rings. The Morgan fingerprint density at radius 1 is 1.25 bits per heavy atom. The number of anilines is 2. The summed E-state index contributed by atoms with van der Waals surface area (Å²) in [4.78, 5) is 16.6. The predicted octanol–water partition coefficient (Wildman–Crippen LogP) is 2.92. The predicted molar refractivity (Wildman–Crippen MR) is 80.3 cm³/mol. The third kappa shape index (κ3) is 2.50. The van der Waals surface area contributed by atoms with Crippen molar-refractivity contribution in [2.45, 2.75) is 20.3 Å². The van der Waals surface area contributed by atoms with Crippen molar-refractivity contribution in [3.63, 3.8) is 0 Å². The van der Waals surface area contributed by atoms with E-state index in [1.807, 2.05) is 44.2 Å². The lowest BCUT2D eigenvalue weighted by molar-refractivity contribution is 0.102. The van der Waals surface area contributed by atoms with Crippen molar-refractivity contribution in [3.8, 4) is 0 Å². The lowest BCUT2D eigenvalue weighted by atomic mass is 10.1. The van der Waals surface area contributed by atoms with Crippen LogP contribution in [0.3, 0.4) is 0 Å². The van der Waals surface area contributed by atoms with Gasteiger partial charge in [0.2, 0.25) is 0 Å². The summed E-state index contributed by atoms with van der Waals surface area (Å²) in [5.74, 6) is 0.472. The summed E-state index contributed by atoms with van der Waals surface area (Å²) < 4.78 is 0. The van der Waals surface area contributed by atoms with Crippen molar-refractivity contribution in [2.75, 3.05) is 17.2 Å². The second kappa shape index (κ2) is 4.96. The molecular weight excluding hydrogens is 250 g/mol. The van der Waals surface area contributed by atoms with Crippen LogP contribution in [0.15, 0.2) is 30.3 Å². The second-order valence-electron chi connectivity index (χ2n) is 5.17. The molecule has 1 aromatic carbocycles. The number of carbonyl (C=O) groups is 1. The van der Waals surface area contributed by atoms with Gasteiger partial charge in [-0.2, -0.15) is 0 Å². The molecule has 1 amide bonds. The summed E-state index contributed by atoms with van der Waals surface area (Å²) >= 11 is 0. The molecule has 0 atom stereocenters. The van der Waals surface area contributed by atoms with Gasteiger partial charge in [-0.15, -0.1) is 0 Å². The molecule has 20 heavy (non-hydrogen) atoms. The third-order valence-electron chi connectivity index (χ3n) is 3.42. The Morgan fingerprint density at radius 2 is 2.10 bits per heavy atom. The van der Waals surface area contributed by atoms with Crippen molar-refractivity contribution >= 4 is 17.4 Å². The number of hydrogen-bond donors (Lipinski definition) is 2. The molecule has 2 N–H and O–H groups in total. The van der Waals surface area contributed by atoms with Gasteiger partial charge in [-0.25, -0.2) is 4.98 Å². The maximum absolute atomic E-state index is 12.3. The van der Waals surface area contributed by atoms with Gasteiger partial charge in [0.15, 0.2) is 0 Å². The van der Waals surface area contributed by atoms with Gasteiger partial charge >= 0.3 is 0 Å². The van der Waals surface area contributed by atoms with E-state index in [1.165, 1.54) is 5.56 Å². The zero-order valence-electron chi connectivity index (χ0n) is 11.7. The number of hydrogen-bond acceptors (Lipinski definition) is 3. The van der Waals surface area contributed by atoms with Crippen LogP contribution in [-0.2, 0) is 6.42 Å². The first-order valence-corrected chi connectivity index (χ1v) is 6.75. The second-order valence-corrected chi connectivity index (χ2v) is 5.17. The minimum absolute atomic E-state index is 0.126. The highest BCUT2D eigenvalue weighted by atomic mass is 16.1. The average molecular weight is 267 g/mol. The van der Waals surface area contributed by atoms with E-state index >= 15 is 0 Å². The molecule has 0 radical (unpaired) electrons. The zero-order chi connectivity index (χ0) is 14.1. The molecule has 1 aliphatic rings. The minimum atomic E-state index is -0.126. The quantitative estimate of drug-likeness (QED) is 0.879. The zero-order valence-corrected chi connectivity index (χ0v) is 11.7. The fraction of sp³-hybridized carbons (Fsp3) is 0.250. The fourth-order valence-electron chi connectivity index (χ4n) is 2.53. The number of carbonyl (C=O) groups excluding carboxylic acids is 1. The van der Waals surface area contributed by atoms with Gasteiger partial charge in [0, 0.05) is 23.5 Å². The van der Waals surface area contributed by atoms with Crippen molar-refractivity contribution in [1.29, 1.82) is 0 Å². The first-order chi connectivity index (χ1) is 9.61. The fourth-order valence-corrected chi connectivity index (χ4v) is 2.53. The van der Waals surface area contributed by atoms with E-state index in [0.29, 0.717) is 11.4 Å². The molecule has 1 aromatic heterocycles. The van der Waals surface area contributed by atoms with Gasteiger partial charge in [0.1, 0.15) is 5.82 Å². The Labute approximate surface area is 118 Å². The number of aryl methyl sites for hydroxylation is 2. The van der Waals surface area contributed by atoms with E-state index in [1.54, 1.807) is 0 Å². The molecule has 0 saturated carbocycles. The van der Waals surface area contributed by atoms with E-state index < -0.39 is 0 Å². The SMILES string of the molecule is Cc1cc(C)nc(NC(=O)c2ccc3c(c2)NCC3)c1. The van der Waals surface area contributed by atoms with Crippen LogP contribution in [0, 0.1) is 13.8 Å². The molecule has 1 aliphatic heterocycles. The molecule has 0 unspecified atom stereocenters. The van der Waals surface area contributed by atoms with E-state index in [9.17, 15) is 4.79 Å². The van der Waals surface area contributed by atoms with E-state index in [4.69, 9.17) is 0 Å². The Hall–Kier alpha value is -2.36. The normalized spacial score (nSPS) is 12.7. The van der Waals surface area contributed by atoms with Gasteiger partial charge in [0.05, 0.1) is 0 Å². The molecule has 3 rings (SSSR count). The van der Waals surface area contributed by atoms with E-state index in [2.05, 4.69) is 15.6 Å². The van der Waals surface area contributed by atoms with Gasteiger partial charge in [-0.05, 0) is 55.7 Å². The summed E-state index contributed by atoms with van der Waals surface area (Å²) in [5, 5.41) is 6.14. The molecule has 2 heterocycles. The van der Waals surface area contributed by atoms with Crippen LogP contribution in [-0.4, -0.2) is 17.4 Å². The Balaban J connectivity index is 1.82. The Morgan fingerprint density at radius 3 is 2.90 bits per heavy atom. The number of rotatable bonds is 2. The van der Waals surface area contributed by atoms with Crippen molar-refractivity contribution in [2.24, 2.45) is 0 Å². The number of aromatic nitrogens is 1. The topological polar surface area (TPSA) is 54.0 Å². The summed E-state index contributed by atoms with van der Waals surface area (Å²) in [6.45, 7) is 4.85. The maximum Gasteiger partial charge on any atom is 0.256 e. The van der Waals surface area contributed by atoms with Crippen LogP contribution in [0.4, 0.5) is 11.5 Å². The lowest BCUT2D eigenvalue weighted by Gasteiger charge is -2.08. The highest BCUT2D eigenvalue weighted by molar-refractivity contribution is 6.04. The monoisotopic (exact) mass is 267 g/mol. The first-order valence-electron chi connectivity index (χ1n) is 6.75. The van der Waals surface area contributed by atoms with Crippen molar-refractivity contribution < 1.29 is 4.79 Å². The summed E-state index contributed by atoms with van der Waals surface area (Å²) in [6.07, 6.45) is 1.02. The van der Waals surface area contributed by atoms with Crippen LogP contribution < -0.4 is 10.6 Å². The maximum atomic E-state index is 12.3. The minimum Gasteiger partial charge on any atom is -0.384 e. The molecular formula is C16H17N3O. The molecule has 0 saturated heterocycles. The van der Waals surface area contributed by atoms with Gasteiger partial charge < -0.3 is 10.6 Å². The van der Waals surface area contributed by atoms with Crippen LogP contribution in [0.2, 0.25) is 0 Å². The molecule has 0 bridgehead atoms. The number of nitrogens with zero attached hydrogens (tertiary/aromatic N) is 1. The van der Waals surface area contributed by atoms with Gasteiger partial charge in [-0.1, -0.05) is 6.07 Å². The van der Waals surface area contributed by atoms with Crippen LogP contribution in [0.5, 0.6) is 0 Å². The number of benzene rings is 1. The summed E-state index contributed by atoms with van der Waals surface area (Å²) in [6, 6.07) is 9.63. The van der Waals surface area contributed by atoms with Crippen LogP contribution >= 0.6 is 0 Å². The molecule has 0 spiro atoms. The molecule has 102 valence electrons. The standard InChI is InChI=1S/C16H17N3O/c1-10-7-11(2)18-15(8-10)19-16(20)13-4-3-12-5-6-17-14(12)9-13/h3-4,7-9,17H,5-6H2,1-2H3,(H,18,19,20). The Kier molecular flexibility index (Phi) is 3.14. The van der Waals surface area contributed by atoms with E-state index in [-0.39, 0.29) is 5.91 Å². The summed E-state index contributed by atoms with van der Waals surface area (Å²) in [5.41, 5.74) is 4.97. The number of amides is 1. The molecule has 0 fully saturated rings. The van der Waals surface area contributed by atoms with Gasteiger partial charge in [-0.3, -0.25) is 4.79 Å². The van der Waals surface area contributed by atoms with Crippen LogP contribution in [0.25, 0.3) is 0 Å². The van der Waals surface area contributed by atoms with Gasteiger partial charge in [0.25, 0.3) is 5.91 Å². The van der Waals surface area contributed by atoms with Crippen molar-refractivity contribution in [1.82, 2.24) is 4.98 Å². The third-order valence-corrected chi connectivity index (χ3v) is 3.42.